The van der Waals surface area contributed by atoms with Crippen LogP contribution in [0, 0.1) is 6.92 Å². The van der Waals surface area contributed by atoms with Crippen molar-refractivity contribution >= 4 is 18.1 Å². The minimum atomic E-state index is -0.469. The molecule has 0 spiro atoms. The van der Waals surface area contributed by atoms with Crippen molar-refractivity contribution in [2.24, 2.45) is 5.10 Å². The number of amides is 1. The minimum Gasteiger partial charge on any atom is -0.490 e. The molecule has 0 atom stereocenters. The molecule has 0 radical (unpaired) electrons. The van der Waals surface area contributed by atoms with E-state index in [4.69, 9.17) is 9.47 Å². The van der Waals surface area contributed by atoms with Crippen LogP contribution < -0.4 is 14.9 Å². The van der Waals surface area contributed by atoms with E-state index in [0.29, 0.717) is 34.8 Å². The Bertz CT molecular complexity index is 1060. The molecule has 0 aromatic heterocycles. The SMILES string of the molecule is CCOc1cc(C=NNC(=O)c2ccccc2C)ccc1OC(=O)c1ccccc1. The van der Waals surface area contributed by atoms with Crippen LogP contribution in [-0.2, 0) is 0 Å². The zero-order valence-electron chi connectivity index (χ0n) is 16.8. The number of benzene rings is 3. The Morgan fingerprint density at radius 3 is 2.43 bits per heavy atom. The summed E-state index contributed by atoms with van der Waals surface area (Å²) in [7, 11) is 0. The van der Waals surface area contributed by atoms with E-state index < -0.39 is 5.97 Å². The highest BCUT2D eigenvalue weighted by Gasteiger charge is 2.13. The number of hydrogen-bond donors (Lipinski definition) is 1. The first-order chi connectivity index (χ1) is 14.6. The van der Waals surface area contributed by atoms with Gasteiger partial charge in [-0.25, -0.2) is 10.2 Å². The molecular weight excluding hydrogens is 380 g/mol. The van der Waals surface area contributed by atoms with Crippen LogP contribution in [0.15, 0.2) is 77.9 Å². The summed E-state index contributed by atoms with van der Waals surface area (Å²) in [5.41, 5.74) is 5.08. The fourth-order valence-corrected chi connectivity index (χ4v) is 2.74. The van der Waals surface area contributed by atoms with Crippen molar-refractivity contribution in [1.29, 1.82) is 0 Å². The summed E-state index contributed by atoms with van der Waals surface area (Å²) in [5, 5.41) is 4.01. The highest BCUT2D eigenvalue weighted by molar-refractivity contribution is 5.96. The maximum Gasteiger partial charge on any atom is 0.343 e. The highest BCUT2D eigenvalue weighted by atomic mass is 16.6. The Morgan fingerprint density at radius 2 is 1.70 bits per heavy atom. The van der Waals surface area contributed by atoms with Crippen molar-refractivity contribution < 1.29 is 19.1 Å². The number of hydrazone groups is 1. The van der Waals surface area contributed by atoms with Crippen molar-refractivity contribution in [2.45, 2.75) is 13.8 Å². The number of esters is 1. The van der Waals surface area contributed by atoms with Gasteiger partial charge < -0.3 is 9.47 Å². The third-order valence-electron chi connectivity index (χ3n) is 4.25. The number of nitrogens with one attached hydrogen (secondary N) is 1. The van der Waals surface area contributed by atoms with Gasteiger partial charge in [0.25, 0.3) is 5.91 Å². The van der Waals surface area contributed by atoms with Gasteiger partial charge in [0.1, 0.15) is 0 Å². The van der Waals surface area contributed by atoms with E-state index in [0.717, 1.165) is 5.56 Å². The van der Waals surface area contributed by atoms with E-state index in [1.807, 2.05) is 32.0 Å². The van der Waals surface area contributed by atoms with E-state index in [2.05, 4.69) is 10.5 Å². The van der Waals surface area contributed by atoms with Gasteiger partial charge in [-0.1, -0.05) is 36.4 Å². The highest BCUT2D eigenvalue weighted by Crippen LogP contribution is 2.29. The normalized spacial score (nSPS) is 10.6. The summed E-state index contributed by atoms with van der Waals surface area (Å²) in [6.07, 6.45) is 1.50. The standard InChI is InChI=1S/C24H22N2O4/c1-3-29-22-15-18(16-25-26-23(27)20-12-8-7-9-17(20)2)13-14-21(22)30-24(28)19-10-5-4-6-11-19/h4-16H,3H2,1-2H3,(H,26,27). The van der Waals surface area contributed by atoms with Crippen molar-refractivity contribution in [3.05, 3.63) is 95.1 Å². The van der Waals surface area contributed by atoms with E-state index in [1.165, 1.54) is 6.21 Å². The molecule has 152 valence electrons. The lowest BCUT2D eigenvalue weighted by Crippen LogP contribution is -2.18. The number of rotatable bonds is 7. The molecular formula is C24H22N2O4. The molecule has 6 nitrogen and oxygen atoms in total. The van der Waals surface area contributed by atoms with Crippen LogP contribution >= 0.6 is 0 Å². The molecule has 0 aliphatic carbocycles. The minimum absolute atomic E-state index is 0.289. The monoisotopic (exact) mass is 402 g/mol. The second kappa shape index (κ2) is 10.0. The van der Waals surface area contributed by atoms with Gasteiger partial charge in [-0.2, -0.15) is 5.10 Å². The molecule has 0 saturated heterocycles. The second-order valence-electron chi connectivity index (χ2n) is 6.41. The zero-order valence-corrected chi connectivity index (χ0v) is 16.8. The summed E-state index contributed by atoms with van der Waals surface area (Å²) in [6, 6.07) is 21.1. The molecule has 3 aromatic carbocycles. The summed E-state index contributed by atoms with van der Waals surface area (Å²) in [5.74, 6) is -0.0333. The third-order valence-corrected chi connectivity index (χ3v) is 4.25. The fraction of sp³-hybridized carbons (Fsp3) is 0.125. The van der Waals surface area contributed by atoms with E-state index >= 15 is 0 Å². The predicted octanol–water partition coefficient (Wildman–Crippen LogP) is 4.38. The summed E-state index contributed by atoms with van der Waals surface area (Å²) in [6.45, 7) is 4.11. The number of ether oxygens (including phenoxy) is 2. The molecule has 1 N–H and O–H groups in total. The van der Waals surface area contributed by atoms with Crippen molar-refractivity contribution in [3.63, 3.8) is 0 Å². The van der Waals surface area contributed by atoms with Gasteiger partial charge in [-0.3, -0.25) is 4.79 Å². The van der Waals surface area contributed by atoms with Gasteiger partial charge in [0.2, 0.25) is 0 Å². The number of carbonyl (C=O) groups is 2. The molecule has 1 amide bonds. The van der Waals surface area contributed by atoms with Crippen molar-refractivity contribution in [1.82, 2.24) is 5.43 Å². The molecule has 6 heteroatoms. The second-order valence-corrected chi connectivity index (χ2v) is 6.41. The van der Waals surface area contributed by atoms with Gasteiger partial charge in [0.15, 0.2) is 11.5 Å². The van der Waals surface area contributed by atoms with Crippen LogP contribution in [0.25, 0.3) is 0 Å². The molecule has 0 bridgehead atoms. The van der Waals surface area contributed by atoms with Gasteiger partial charge in [-0.05, 0) is 61.4 Å². The quantitative estimate of drug-likeness (QED) is 0.275. The maximum atomic E-state index is 12.3. The summed E-state index contributed by atoms with van der Waals surface area (Å²) < 4.78 is 11.1. The number of nitrogens with zero attached hydrogens (tertiary/aromatic N) is 1. The Hall–Kier alpha value is -3.93. The van der Waals surface area contributed by atoms with Gasteiger partial charge in [-0.15, -0.1) is 0 Å². The summed E-state index contributed by atoms with van der Waals surface area (Å²) >= 11 is 0. The topological polar surface area (TPSA) is 77.0 Å². The number of aryl methyl sites for hydroxylation is 1. The largest absolute Gasteiger partial charge is 0.490 e. The van der Waals surface area contributed by atoms with E-state index in [1.54, 1.807) is 54.6 Å². The maximum absolute atomic E-state index is 12.3. The summed E-state index contributed by atoms with van der Waals surface area (Å²) in [4.78, 5) is 24.5. The Labute approximate surface area is 175 Å². The third kappa shape index (κ3) is 5.32. The molecule has 0 fully saturated rings. The molecule has 0 saturated carbocycles. The van der Waals surface area contributed by atoms with Crippen LogP contribution in [0.2, 0.25) is 0 Å². The van der Waals surface area contributed by atoms with Crippen LogP contribution in [-0.4, -0.2) is 24.7 Å². The molecule has 30 heavy (non-hydrogen) atoms. The number of carbonyl (C=O) groups excluding carboxylic acids is 2. The fourth-order valence-electron chi connectivity index (χ4n) is 2.74. The molecule has 3 rings (SSSR count). The van der Waals surface area contributed by atoms with Crippen LogP contribution in [0.3, 0.4) is 0 Å². The lowest BCUT2D eigenvalue weighted by molar-refractivity contribution is 0.0728. The molecule has 0 aliphatic rings. The van der Waals surface area contributed by atoms with E-state index in [-0.39, 0.29) is 5.91 Å². The molecule has 3 aromatic rings. The zero-order chi connectivity index (χ0) is 21.3. The first-order valence-electron chi connectivity index (χ1n) is 9.51. The lowest BCUT2D eigenvalue weighted by Gasteiger charge is -2.11. The Kier molecular flexibility index (Phi) is 6.95. The van der Waals surface area contributed by atoms with Gasteiger partial charge >= 0.3 is 5.97 Å². The molecule has 0 heterocycles. The Balaban J connectivity index is 1.71. The average molecular weight is 402 g/mol. The number of hydrogen-bond acceptors (Lipinski definition) is 5. The van der Waals surface area contributed by atoms with Crippen molar-refractivity contribution in [3.8, 4) is 11.5 Å². The lowest BCUT2D eigenvalue weighted by atomic mass is 10.1. The van der Waals surface area contributed by atoms with Crippen LogP contribution in [0.4, 0.5) is 0 Å². The van der Waals surface area contributed by atoms with Gasteiger partial charge in [0, 0.05) is 5.56 Å². The van der Waals surface area contributed by atoms with Crippen LogP contribution in [0.5, 0.6) is 11.5 Å². The Morgan fingerprint density at radius 1 is 0.967 bits per heavy atom. The van der Waals surface area contributed by atoms with Gasteiger partial charge in [0.05, 0.1) is 18.4 Å². The van der Waals surface area contributed by atoms with Crippen LogP contribution in [0.1, 0.15) is 38.8 Å². The smallest absolute Gasteiger partial charge is 0.343 e. The predicted molar refractivity (Wildman–Crippen MR) is 115 cm³/mol. The van der Waals surface area contributed by atoms with E-state index in [9.17, 15) is 9.59 Å². The molecule has 0 aliphatic heterocycles. The molecule has 0 unspecified atom stereocenters. The van der Waals surface area contributed by atoms with Crippen molar-refractivity contribution in [2.75, 3.05) is 6.61 Å². The first-order valence-corrected chi connectivity index (χ1v) is 9.51. The average Bonchev–Trinajstić information content (AvgIpc) is 2.76. The first kappa shape index (κ1) is 20.8.